The lowest BCUT2D eigenvalue weighted by Crippen LogP contribution is -2.09. The standard InChI is InChI=1S/C13H13NO/c14-8-10-4-5-12-13-9(6-7-15-12)2-1-3-11(10)13/h1-5H,6-8,14H2. The molecule has 0 fully saturated rings. The molecule has 15 heavy (non-hydrogen) atoms. The first kappa shape index (κ1) is 8.74. The average Bonchev–Trinajstić information content (AvgIpc) is 2.30. The van der Waals surface area contributed by atoms with Crippen LogP contribution in [0.1, 0.15) is 11.1 Å². The Labute approximate surface area is 88.7 Å². The Morgan fingerprint density at radius 3 is 3.00 bits per heavy atom. The molecule has 0 saturated carbocycles. The highest BCUT2D eigenvalue weighted by atomic mass is 16.5. The molecule has 3 rings (SSSR count). The second-order valence-electron chi connectivity index (χ2n) is 3.87. The van der Waals surface area contributed by atoms with Gasteiger partial charge in [0.1, 0.15) is 5.75 Å². The van der Waals surface area contributed by atoms with E-state index in [2.05, 4.69) is 24.3 Å². The minimum Gasteiger partial charge on any atom is -0.493 e. The van der Waals surface area contributed by atoms with Crippen molar-refractivity contribution in [2.24, 2.45) is 5.73 Å². The molecular weight excluding hydrogens is 186 g/mol. The van der Waals surface area contributed by atoms with Crippen molar-refractivity contribution in [3.63, 3.8) is 0 Å². The molecule has 0 amide bonds. The Morgan fingerprint density at radius 1 is 1.20 bits per heavy atom. The highest BCUT2D eigenvalue weighted by Crippen LogP contribution is 2.34. The minimum absolute atomic E-state index is 0.584. The molecule has 1 aliphatic rings. The number of ether oxygens (including phenoxy) is 1. The summed E-state index contributed by atoms with van der Waals surface area (Å²) >= 11 is 0. The van der Waals surface area contributed by atoms with Crippen LogP contribution in [-0.4, -0.2) is 6.61 Å². The van der Waals surface area contributed by atoms with E-state index in [9.17, 15) is 0 Å². The zero-order valence-corrected chi connectivity index (χ0v) is 8.49. The fourth-order valence-corrected chi connectivity index (χ4v) is 2.29. The van der Waals surface area contributed by atoms with Gasteiger partial charge in [0, 0.05) is 18.4 Å². The topological polar surface area (TPSA) is 35.2 Å². The van der Waals surface area contributed by atoms with Crippen LogP contribution in [0.4, 0.5) is 0 Å². The summed E-state index contributed by atoms with van der Waals surface area (Å²) in [6, 6.07) is 10.5. The van der Waals surface area contributed by atoms with Crippen molar-refractivity contribution in [2.45, 2.75) is 13.0 Å². The number of hydrogen-bond acceptors (Lipinski definition) is 2. The lowest BCUT2D eigenvalue weighted by molar-refractivity contribution is 0.318. The molecule has 2 aromatic carbocycles. The normalized spacial score (nSPS) is 13.9. The number of benzene rings is 2. The molecule has 76 valence electrons. The van der Waals surface area contributed by atoms with Crippen LogP contribution in [0.5, 0.6) is 5.75 Å². The molecule has 0 bridgehead atoms. The second kappa shape index (κ2) is 3.24. The summed E-state index contributed by atoms with van der Waals surface area (Å²) in [5.41, 5.74) is 8.31. The molecule has 2 aromatic rings. The maximum atomic E-state index is 5.73. The number of rotatable bonds is 1. The van der Waals surface area contributed by atoms with Gasteiger partial charge >= 0.3 is 0 Å². The van der Waals surface area contributed by atoms with Crippen molar-refractivity contribution in [1.82, 2.24) is 0 Å². The van der Waals surface area contributed by atoms with Gasteiger partial charge in [-0.15, -0.1) is 0 Å². The SMILES string of the molecule is NCc1ccc2c3c(cccc13)CCO2. The molecule has 2 N–H and O–H groups in total. The van der Waals surface area contributed by atoms with Gasteiger partial charge in [0.25, 0.3) is 0 Å². The van der Waals surface area contributed by atoms with Crippen molar-refractivity contribution >= 4 is 10.8 Å². The molecular formula is C13H13NO. The first-order valence-corrected chi connectivity index (χ1v) is 5.26. The smallest absolute Gasteiger partial charge is 0.127 e. The molecule has 0 unspecified atom stereocenters. The summed E-state index contributed by atoms with van der Waals surface area (Å²) in [6.45, 7) is 1.37. The largest absolute Gasteiger partial charge is 0.493 e. The van der Waals surface area contributed by atoms with Gasteiger partial charge in [-0.05, 0) is 22.6 Å². The van der Waals surface area contributed by atoms with Gasteiger partial charge in [-0.1, -0.05) is 24.3 Å². The van der Waals surface area contributed by atoms with Gasteiger partial charge in [0.2, 0.25) is 0 Å². The maximum Gasteiger partial charge on any atom is 0.127 e. The van der Waals surface area contributed by atoms with Crippen LogP contribution in [0, 0.1) is 0 Å². The van der Waals surface area contributed by atoms with Gasteiger partial charge in [-0.2, -0.15) is 0 Å². The molecule has 1 aliphatic heterocycles. The second-order valence-corrected chi connectivity index (χ2v) is 3.87. The van der Waals surface area contributed by atoms with Crippen molar-refractivity contribution in [3.8, 4) is 5.75 Å². The Bertz CT molecular complexity index is 509. The van der Waals surface area contributed by atoms with Crippen molar-refractivity contribution in [1.29, 1.82) is 0 Å². The number of hydrogen-bond donors (Lipinski definition) is 1. The summed E-state index contributed by atoms with van der Waals surface area (Å²) < 4.78 is 5.65. The molecule has 1 heterocycles. The molecule has 0 atom stereocenters. The van der Waals surface area contributed by atoms with Crippen molar-refractivity contribution < 1.29 is 4.74 Å². The Balaban J connectivity index is 2.43. The van der Waals surface area contributed by atoms with Crippen LogP contribution in [0.2, 0.25) is 0 Å². The molecule has 2 heteroatoms. The third-order valence-corrected chi connectivity index (χ3v) is 3.03. The summed E-state index contributed by atoms with van der Waals surface area (Å²) in [5, 5.41) is 2.50. The molecule has 2 nitrogen and oxygen atoms in total. The van der Waals surface area contributed by atoms with Gasteiger partial charge in [-0.25, -0.2) is 0 Å². The first-order chi connectivity index (χ1) is 7.40. The van der Waals surface area contributed by atoms with Crippen LogP contribution < -0.4 is 10.5 Å². The van der Waals surface area contributed by atoms with E-state index in [-0.39, 0.29) is 0 Å². The van der Waals surface area contributed by atoms with E-state index in [1.54, 1.807) is 0 Å². The van der Waals surface area contributed by atoms with E-state index in [0.717, 1.165) is 18.8 Å². The van der Waals surface area contributed by atoms with Crippen LogP contribution in [0.25, 0.3) is 10.8 Å². The van der Waals surface area contributed by atoms with Gasteiger partial charge in [-0.3, -0.25) is 0 Å². The monoisotopic (exact) mass is 199 g/mol. The highest BCUT2D eigenvalue weighted by Gasteiger charge is 2.14. The highest BCUT2D eigenvalue weighted by molar-refractivity contribution is 5.94. The first-order valence-electron chi connectivity index (χ1n) is 5.26. The Morgan fingerprint density at radius 2 is 2.13 bits per heavy atom. The van der Waals surface area contributed by atoms with Crippen LogP contribution in [-0.2, 0) is 13.0 Å². The van der Waals surface area contributed by atoms with E-state index in [4.69, 9.17) is 10.5 Å². The Kier molecular flexibility index (Phi) is 1.89. The predicted molar refractivity (Wildman–Crippen MR) is 61.0 cm³/mol. The third kappa shape index (κ3) is 1.22. The minimum atomic E-state index is 0.584. The molecule has 0 aliphatic carbocycles. The fourth-order valence-electron chi connectivity index (χ4n) is 2.29. The van der Waals surface area contributed by atoms with E-state index in [1.165, 1.54) is 21.9 Å². The van der Waals surface area contributed by atoms with Crippen molar-refractivity contribution in [3.05, 3.63) is 41.5 Å². The Hall–Kier alpha value is -1.54. The van der Waals surface area contributed by atoms with Gasteiger partial charge < -0.3 is 10.5 Å². The summed E-state index contributed by atoms with van der Waals surface area (Å²) in [6.07, 6.45) is 0.998. The third-order valence-electron chi connectivity index (χ3n) is 3.03. The fraction of sp³-hybridized carbons (Fsp3) is 0.231. The molecule has 0 spiro atoms. The average molecular weight is 199 g/mol. The summed E-state index contributed by atoms with van der Waals surface area (Å²) in [4.78, 5) is 0. The molecule has 0 radical (unpaired) electrons. The number of nitrogens with two attached hydrogens (primary N) is 1. The van der Waals surface area contributed by atoms with E-state index >= 15 is 0 Å². The zero-order valence-electron chi connectivity index (χ0n) is 8.49. The van der Waals surface area contributed by atoms with Crippen LogP contribution in [0.15, 0.2) is 30.3 Å². The van der Waals surface area contributed by atoms with E-state index in [0.29, 0.717) is 6.54 Å². The zero-order chi connectivity index (χ0) is 10.3. The molecule has 0 saturated heterocycles. The van der Waals surface area contributed by atoms with Crippen LogP contribution >= 0.6 is 0 Å². The maximum absolute atomic E-state index is 5.73. The van der Waals surface area contributed by atoms with Gasteiger partial charge in [0.05, 0.1) is 6.61 Å². The predicted octanol–water partition coefficient (Wildman–Crippen LogP) is 2.23. The lowest BCUT2D eigenvalue weighted by Gasteiger charge is -2.19. The van der Waals surface area contributed by atoms with Crippen LogP contribution in [0.3, 0.4) is 0 Å². The quantitative estimate of drug-likeness (QED) is 0.764. The molecule has 0 aromatic heterocycles. The summed E-state index contributed by atoms with van der Waals surface area (Å²) in [7, 11) is 0. The van der Waals surface area contributed by atoms with Gasteiger partial charge in [0.15, 0.2) is 0 Å². The van der Waals surface area contributed by atoms with E-state index < -0.39 is 0 Å². The van der Waals surface area contributed by atoms with E-state index in [1.807, 2.05) is 6.07 Å². The lowest BCUT2D eigenvalue weighted by atomic mass is 9.96. The summed E-state index contributed by atoms with van der Waals surface area (Å²) in [5.74, 6) is 1.00. The van der Waals surface area contributed by atoms with Crippen molar-refractivity contribution in [2.75, 3.05) is 6.61 Å².